The highest BCUT2D eigenvalue weighted by molar-refractivity contribution is 5.72. The van der Waals surface area contributed by atoms with Crippen LogP contribution in [0.5, 0.6) is 0 Å². The van der Waals surface area contributed by atoms with Crippen LogP contribution in [0.1, 0.15) is 12.8 Å². The zero-order valence-electron chi connectivity index (χ0n) is 8.01. The first-order valence-corrected chi connectivity index (χ1v) is 4.49. The van der Waals surface area contributed by atoms with Gasteiger partial charge < -0.3 is 4.74 Å². The highest BCUT2D eigenvalue weighted by Crippen LogP contribution is 2.24. The van der Waals surface area contributed by atoms with Gasteiger partial charge in [-0.15, -0.1) is 0 Å². The van der Waals surface area contributed by atoms with Gasteiger partial charge in [0.15, 0.2) is 0 Å². The van der Waals surface area contributed by atoms with Crippen molar-refractivity contribution < 1.29 is 14.5 Å². The van der Waals surface area contributed by atoms with Gasteiger partial charge in [0.2, 0.25) is 6.54 Å². The van der Waals surface area contributed by atoms with Gasteiger partial charge in [-0.25, -0.2) is 0 Å². The van der Waals surface area contributed by atoms with Crippen molar-refractivity contribution in [1.29, 1.82) is 0 Å². The van der Waals surface area contributed by atoms with Crippen LogP contribution in [0.15, 0.2) is 12.2 Å². The van der Waals surface area contributed by atoms with Gasteiger partial charge in [-0.2, -0.15) is 0 Å². The third-order valence-electron chi connectivity index (χ3n) is 2.33. The molecule has 0 spiro atoms. The lowest BCUT2D eigenvalue weighted by Crippen LogP contribution is -2.24. The molecular weight excluding hydrogens is 186 g/mol. The summed E-state index contributed by atoms with van der Waals surface area (Å²) < 4.78 is 4.60. The van der Waals surface area contributed by atoms with E-state index < -0.39 is 0 Å². The Morgan fingerprint density at radius 2 is 2.43 bits per heavy atom. The number of carbonyl (C=O) groups is 1. The number of hydrogen-bond donors (Lipinski definition) is 0. The maximum absolute atomic E-state index is 11.2. The van der Waals surface area contributed by atoms with Crippen LogP contribution in [-0.4, -0.2) is 24.5 Å². The topological polar surface area (TPSA) is 69.4 Å². The average molecular weight is 199 g/mol. The van der Waals surface area contributed by atoms with E-state index in [-0.39, 0.29) is 29.3 Å². The van der Waals surface area contributed by atoms with Gasteiger partial charge in [0.25, 0.3) is 0 Å². The molecule has 1 rings (SSSR count). The van der Waals surface area contributed by atoms with E-state index in [9.17, 15) is 14.9 Å². The Morgan fingerprint density at radius 1 is 1.71 bits per heavy atom. The van der Waals surface area contributed by atoms with Gasteiger partial charge in [0.1, 0.15) is 0 Å². The van der Waals surface area contributed by atoms with Crippen molar-refractivity contribution in [1.82, 2.24) is 0 Å². The van der Waals surface area contributed by atoms with Crippen LogP contribution in [0.25, 0.3) is 0 Å². The molecule has 0 amide bonds. The van der Waals surface area contributed by atoms with E-state index in [0.717, 1.165) is 0 Å². The molecule has 0 radical (unpaired) electrons. The summed E-state index contributed by atoms with van der Waals surface area (Å²) in [5.74, 6) is -0.625. The smallest absolute Gasteiger partial charge is 0.308 e. The predicted octanol–water partition coefficient (Wildman–Crippen LogP) is 1.02. The Bertz CT molecular complexity index is 262. The highest BCUT2D eigenvalue weighted by atomic mass is 16.6. The predicted molar refractivity (Wildman–Crippen MR) is 49.2 cm³/mol. The number of ether oxygens (including phenoxy) is 1. The van der Waals surface area contributed by atoms with Gasteiger partial charge in [-0.3, -0.25) is 14.9 Å². The van der Waals surface area contributed by atoms with Crippen molar-refractivity contribution in [3.63, 3.8) is 0 Å². The van der Waals surface area contributed by atoms with Gasteiger partial charge in [-0.05, 0) is 12.8 Å². The van der Waals surface area contributed by atoms with Gasteiger partial charge >= 0.3 is 5.97 Å². The van der Waals surface area contributed by atoms with E-state index in [1.807, 2.05) is 12.2 Å². The summed E-state index contributed by atoms with van der Waals surface area (Å²) in [4.78, 5) is 21.1. The molecule has 0 aromatic heterocycles. The normalized spacial score (nSPS) is 25.8. The maximum atomic E-state index is 11.2. The molecule has 78 valence electrons. The van der Waals surface area contributed by atoms with Crippen molar-refractivity contribution >= 4 is 5.97 Å². The molecule has 0 aliphatic heterocycles. The molecule has 5 heteroatoms. The van der Waals surface area contributed by atoms with Crippen LogP contribution in [0.4, 0.5) is 0 Å². The van der Waals surface area contributed by atoms with Crippen LogP contribution in [-0.2, 0) is 9.53 Å². The fourth-order valence-corrected chi connectivity index (χ4v) is 1.66. The Kier molecular flexibility index (Phi) is 3.62. The fraction of sp³-hybridized carbons (Fsp3) is 0.667. The summed E-state index contributed by atoms with van der Waals surface area (Å²) in [5, 5.41) is 10.3. The third kappa shape index (κ3) is 2.83. The van der Waals surface area contributed by atoms with Crippen molar-refractivity contribution in [2.24, 2.45) is 11.8 Å². The highest BCUT2D eigenvalue weighted by Gasteiger charge is 2.27. The van der Waals surface area contributed by atoms with E-state index >= 15 is 0 Å². The van der Waals surface area contributed by atoms with Crippen molar-refractivity contribution in [3.05, 3.63) is 22.3 Å². The number of allylic oxidation sites excluding steroid dienone is 1. The lowest BCUT2D eigenvalue weighted by atomic mass is 9.87. The molecular formula is C9H13NO4. The van der Waals surface area contributed by atoms with Crippen molar-refractivity contribution in [3.8, 4) is 0 Å². The summed E-state index contributed by atoms with van der Waals surface area (Å²) in [6, 6.07) is 0. The standard InChI is InChI=1S/C9H13NO4/c1-14-9(11)8-4-2-3-7(5-8)6-10(12)13/h2-3,7-8H,4-6H2,1H3/t7-,8+/m1/s1. The van der Waals surface area contributed by atoms with Gasteiger partial charge in [-0.1, -0.05) is 12.2 Å². The molecule has 0 heterocycles. The Hall–Kier alpha value is -1.39. The number of hydrogen-bond acceptors (Lipinski definition) is 4. The Morgan fingerprint density at radius 3 is 3.00 bits per heavy atom. The quantitative estimate of drug-likeness (QED) is 0.294. The zero-order valence-corrected chi connectivity index (χ0v) is 8.01. The van der Waals surface area contributed by atoms with Crippen LogP contribution in [0.3, 0.4) is 0 Å². The second-order valence-corrected chi connectivity index (χ2v) is 3.40. The molecule has 0 N–H and O–H groups in total. The first-order chi connectivity index (χ1) is 6.63. The van der Waals surface area contributed by atoms with Crippen molar-refractivity contribution in [2.45, 2.75) is 12.8 Å². The minimum Gasteiger partial charge on any atom is -0.469 e. The lowest BCUT2D eigenvalue weighted by molar-refractivity contribution is -0.486. The van der Waals surface area contributed by atoms with Crippen LogP contribution < -0.4 is 0 Å². The summed E-state index contributed by atoms with van der Waals surface area (Å²) in [7, 11) is 1.34. The molecule has 2 atom stereocenters. The first-order valence-electron chi connectivity index (χ1n) is 4.49. The summed E-state index contributed by atoms with van der Waals surface area (Å²) in [6.45, 7) is -0.107. The van der Waals surface area contributed by atoms with Gasteiger partial charge in [0.05, 0.1) is 13.0 Å². The van der Waals surface area contributed by atoms with Crippen LogP contribution in [0.2, 0.25) is 0 Å². The number of nitrogens with zero attached hydrogens (tertiary/aromatic N) is 1. The lowest BCUT2D eigenvalue weighted by Gasteiger charge is -2.19. The molecule has 0 saturated carbocycles. The second-order valence-electron chi connectivity index (χ2n) is 3.40. The molecule has 1 aliphatic carbocycles. The minimum atomic E-state index is -0.353. The Labute approximate surface area is 81.9 Å². The maximum Gasteiger partial charge on any atom is 0.308 e. The summed E-state index contributed by atoms with van der Waals surface area (Å²) >= 11 is 0. The van der Waals surface area contributed by atoms with E-state index in [1.165, 1.54) is 7.11 Å². The van der Waals surface area contributed by atoms with E-state index in [2.05, 4.69) is 4.74 Å². The molecule has 0 fully saturated rings. The number of methoxy groups -OCH3 is 1. The molecule has 0 saturated heterocycles. The Balaban J connectivity index is 2.51. The average Bonchev–Trinajstić information content (AvgIpc) is 2.16. The molecule has 1 aliphatic rings. The van der Waals surface area contributed by atoms with E-state index in [1.54, 1.807) is 0 Å². The molecule has 5 nitrogen and oxygen atoms in total. The molecule has 0 unspecified atom stereocenters. The molecule has 0 aromatic rings. The third-order valence-corrected chi connectivity index (χ3v) is 2.33. The van der Waals surface area contributed by atoms with E-state index in [4.69, 9.17) is 0 Å². The SMILES string of the molecule is COC(=O)[C@H]1CC=C[C@@H](C[N+](=O)[O-])C1. The monoisotopic (exact) mass is 199 g/mol. The summed E-state index contributed by atoms with van der Waals surface area (Å²) in [6.07, 6.45) is 4.77. The fourth-order valence-electron chi connectivity index (χ4n) is 1.66. The molecule has 14 heavy (non-hydrogen) atoms. The van der Waals surface area contributed by atoms with Crippen molar-refractivity contribution in [2.75, 3.05) is 13.7 Å². The van der Waals surface area contributed by atoms with E-state index in [0.29, 0.717) is 12.8 Å². The van der Waals surface area contributed by atoms with Crippen LogP contribution >= 0.6 is 0 Å². The first kappa shape index (κ1) is 10.7. The van der Waals surface area contributed by atoms with Crippen LogP contribution in [0, 0.1) is 22.0 Å². The largest absolute Gasteiger partial charge is 0.469 e. The number of rotatable bonds is 3. The molecule has 0 aromatic carbocycles. The minimum absolute atomic E-state index is 0.107. The molecule has 0 bridgehead atoms. The number of esters is 1. The second kappa shape index (κ2) is 4.74. The summed E-state index contributed by atoms with van der Waals surface area (Å²) in [5.41, 5.74) is 0. The zero-order chi connectivity index (χ0) is 10.6. The van der Waals surface area contributed by atoms with Gasteiger partial charge in [0, 0.05) is 10.8 Å². The number of nitro groups is 1. The number of carbonyl (C=O) groups excluding carboxylic acids is 1.